The van der Waals surface area contributed by atoms with E-state index in [0.29, 0.717) is 12.6 Å². The van der Waals surface area contributed by atoms with Crippen LogP contribution in [0, 0.1) is 6.92 Å². The number of aryl methyl sites for hydroxylation is 1. The summed E-state index contributed by atoms with van der Waals surface area (Å²) >= 11 is 1.87. The highest BCUT2D eigenvalue weighted by Crippen LogP contribution is 2.33. The fourth-order valence-corrected chi connectivity index (χ4v) is 5.34. The monoisotopic (exact) mass is 433 g/mol. The van der Waals surface area contributed by atoms with Crippen molar-refractivity contribution in [3.8, 4) is 5.75 Å². The SMILES string of the molecule is Cc1cc2c(N3CCN(C(C)COc4ccc5ccc(=O)[nH]c5c4)CC3)cccc2s1. The molecule has 5 nitrogen and oxygen atoms in total. The summed E-state index contributed by atoms with van der Waals surface area (Å²) in [6, 6.07) is 18.5. The van der Waals surface area contributed by atoms with Gasteiger partial charge in [0.25, 0.3) is 0 Å². The second kappa shape index (κ2) is 8.36. The lowest BCUT2D eigenvalue weighted by molar-refractivity contribution is 0.139. The van der Waals surface area contributed by atoms with Gasteiger partial charge in [-0.3, -0.25) is 9.69 Å². The van der Waals surface area contributed by atoms with E-state index in [1.54, 1.807) is 6.07 Å². The fourth-order valence-electron chi connectivity index (χ4n) is 4.39. The Balaban J connectivity index is 1.20. The minimum absolute atomic E-state index is 0.0933. The van der Waals surface area contributed by atoms with E-state index in [2.05, 4.69) is 52.9 Å². The number of hydrogen-bond acceptors (Lipinski definition) is 5. The third-order valence-electron chi connectivity index (χ3n) is 6.13. The third-order valence-corrected chi connectivity index (χ3v) is 7.14. The molecule has 3 heterocycles. The Morgan fingerprint density at radius 1 is 1.06 bits per heavy atom. The molecule has 1 aliphatic heterocycles. The Morgan fingerprint density at radius 3 is 2.71 bits per heavy atom. The fraction of sp³-hybridized carbons (Fsp3) is 0.320. The number of pyridine rings is 1. The van der Waals surface area contributed by atoms with Gasteiger partial charge in [0, 0.05) is 65.0 Å². The van der Waals surface area contributed by atoms with Crippen LogP contribution in [0.15, 0.2) is 59.4 Å². The highest BCUT2D eigenvalue weighted by Gasteiger charge is 2.23. The highest BCUT2D eigenvalue weighted by molar-refractivity contribution is 7.19. The lowest BCUT2D eigenvalue weighted by Crippen LogP contribution is -2.51. The van der Waals surface area contributed by atoms with E-state index in [0.717, 1.165) is 42.8 Å². The summed E-state index contributed by atoms with van der Waals surface area (Å²) in [5.74, 6) is 0.791. The molecule has 1 fully saturated rings. The van der Waals surface area contributed by atoms with E-state index < -0.39 is 0 Å². The van der Waals surface area contributed by atoms with Gasteiger partial charge in [-0.2, -0.15) is 0 Å². The highest BCUT2D eigenvalue weighted by atomic mass is 32.1. The smallest absolute Gasteiger partial charge is 0.248 e. The van der Waals surface area contributed by atoms with Crippen LogP contribution in [-0.4, -0.2) is 48.7 Å². The standard InChI is InChI=1S/C25H27N3O2S/c1-17(16-30-20-8-6-19-7-9-25(29)26-22(19)15-20)27-10-12-28(13-11-27)23-4-3-5-24-21(23)14-18(2)31-24/h3-9,14-15,17H,10-13,16H2,1-2H3,(H,26,29). The Bertz CT molecular complexity index is 1270. The van der Waals surface area contributed by atoms with Gasteiger partial charge in [0.05, 0.1) is 5.52 Å². The quantitative estimate of drug-likeness (QED) is 0.498. The van der Waals surface area contributed by atoms with Crippen LogP contribution >= 0.6 is 11.3 Å². The summed E-state index contributed by atoms with van der Waals surface area (Å²) in [5, 5.41) is 2.39. The summed E-state index contributed by atoms with van der Waals surface area (Å²) in [7, 11) is 0. The van der Waals surface area contributed by atoms with E-state index in [9.17, 15) is 4.79 Å². The average molecular weight is 434 g/mol. The van der Waals surface area contributed by atoms with E-state index in [4.69, 9.17) is 4.74 Å². The van der Waals surface area contributed by atoms with Crippen molar-refractivity contribution in [2.45, 2.75) is 19.9 Å². The number of aromatic amines is 1. The van der Waals surface area contributed by atoms with Crippen LogP contribution in [0.1, 0.15) is 11.8 Å². The van der Waals surface area contributed by atoms with Gasteiger partial charge >= 0.3 is 0 Å². The maximum absolute atomic E-state index is 11.6. The van der Waals surface area contributed by atoms with Crippen molar-refractivity contribution >= 4 is 38.0 Å². The number of rotatable bonds is 5. The molecule has 1 aliphatic rings. The van der Waals surface area contributed by atoms with Gasteiger partial charge in [0.15, 0.2) is 0 Å². The number of H-pyrrole nitrogens is 1. The zero-order valence-electron chi connectivity index (χ0n) is 17.9. The maximum atomic E-state index is 11.6. The number of benzene rings is 2. The number of nitrogens with one attached hydrogen (secondary N) is 1. The first kappa shape index (κ1) is 20.1. The predicted molar refractivity (Wildman–Crippen MR) is 130 cm³/mol. The number of thiophene rings is 1. The number of fused-ring (bicyclic) bond motifs is 2. The summed E-state index contributed by atoms with van der Waals surface area (Å²) in [5.41, 5.74) is 2.07. The van der Waals surface area contributed by atoms with Crippen LogP contribution in [0.3, 0.4) is 0 Å². The molecular formula is C25H27N3O2S. The molecule has 1 saturated heterocycles. The number of hydrogen-bond donors (Lipinski definition) is 1. The number of piperazine rings is 1. The lowest BCUT2D eigenvalue weighted by atomic mass is 10.1. The van der Waals surface area contributed by atoms with E-state index >= 15 is 0 Å². The largest absolute Gasteiger partial charge is 0.492 e. The molecule has 5 rings (SSSR count). The van der Waals surface area contributed by atoms with Crippen LogP contribution in [-0.2, 0) is 0 Å². The number of ether oxygens (including phenoxy) is 1. The van der Waals surface area contributed by atoms with Gasteiger partial charge < -0.3 is 14.6 Å². The second-order valence-corrected chi connectivity index (χ2v) is 9.59. The van der Waals surface area contributed by atoms with Crippen molar-refractivity contribution in [1.82, 2.24) is 9.88 Å². The van der Waals surface area contributed by atoms with Gasteiger partial charge in [-0.05, 0) is 55.6 Å². The van der Waals surface area contributed by atoms with E-state index in [1.165, 1.54) is 20.7 Å². The Hall–Kier alpha value is -2.83. The number of nitrogens with zero attached hydrogens (tertiary/aromatic N) is 2. The minimum atomic E-state index is -0.0933. The first-order chi connectivity index (χ1) is 15.1. The summed E-state index contributed by atoms with van der Waals surface area (Å²) in [6.07, 6.45) is 0. The average Bonchev–Trinajstić information content (AvgIpc) is 3.17. The molecule has 6 heteroatoms. The lowest BCUT2D eigenvalue weighted by Gasteiger charge is -2.39. The number of aromatic nitrogens is 1. The van der Waals surface area contributed by atoms with Crippen LogP contribution < -0.4 is 15.2 Å². The zero-order valence-corrected chi connectivity index (χ0v) is 18.7. The molecule has 0 bridgehead atoms. The molecule has 0 radical (unpaired) electrons. The molecule has 1 N–H and O–H groups in total. The molecule has 0 amide bonds. The van der Waals surface area contributed by atoms with E-state index in [-0.39, 0.29) is 5.56 Å². The van der Waals surface area contributed by atoms with Crippen LogP contribution in [0.25, 0.3) is 21.0 Å². The Morgan fingerprint density at radius 2 is 1.87 bits per heavy atom. The zero-order chi connectivity index (χ0) is 21.4. The van der Waals surface area contributed by atoms with Gasteiger partial charge in [-0.25, -0.2) is 0 Å². The Kier molecular flexibility index (Phi) is 5.42. The molecule has 160 valence electrons. The molecule has 1 unspecified atom stereocenters. The van der Waals surface area contributed by atoms with Crippen molar-refractivity contribution < 1.29 is 4.74 Å². The van der Waals surface area contributed by atoms with Crippen LogP contribution in [0.5, 0.6) is 5.75 Å². The molecule has 0 saturated carbocycles. The number of anilines is 1. The topological polar surface area (TPSA) is 48.6 Å². The van der Waals surface area contributed by atoms with Crippen molar-refractivity contribution in [3.05, 3.63) is 69.8 Å². The van der Waals surface area contributed by atoms with Gasteiger partial charge in [0.2, 0.25) is 5.56 Å². The normalized spacial score (nSPS) is 16.1. The molecular weight excluding hydrogens is 406 g/mol. The predicted octanol–water partition coefficient (Wildman–Crippen LogP) is 4.64. The summed E-state index contributed by atoms with van der Waals surface area (Å²) in [6.45, 7) is 9.12. The van der Waals surface area contributed by atoms with Crippen molar-refractivity contribution in [3.63, 3.8) is 0 Å². The van der Waals surface area contributed by atoms with Crippen LogP contribution in [0.4, 0.5) is 5.69 Å². The summed E-state index contributed by atoms with van der Waals surface area (Å²) in [4.78, 5) is 20.8. The molecule has 31 heavy (non-hydrogen) atoms. The summed E-state index contributed by atoms with van der Waals surface area (Å²) < 4.78 is 7.44. The molecule has 1 atom stereocenters. The molecule has 2 aromatic heterocycles. The van der Waals surface area contributed by atoms with Gasteiger partial charge in [-0.15, -0.1) is 11.3 Å². The second-order valence-electron chi connectivity index (χ2n) is 8.30. The first-order valence-corrected chi connectivity index (χ1v) is 11.6. The maximum Gasteiger partial charge on any atom is 0.248 e. The molecule has 0 spiro atoms. The Labute approximate surface area is 185 Å². The van der Waals surface area contributed by atoms with Gasteiger partial charge in [-0.1, -0.05) is 6.07 Å². The van der Waals surface area contributed by atoms with Gasteiger partial charge in [0.1, 0.15) is 12.4 Å². The van der Waals surface area contributed by atoms with Crippen LogP contribution in [0.2, 0.25) is 0 Å². The molecule has 2 aromatic carbocycles. The van der Waals surface area contributed by atoms with Crippen molar-refractivity contribution in [2.24, 2.45) is 0 Å². The minimum Gasteiger partial charge on any atom is -0.492 e. The molecule has 4 aromatic rings. The third kappa shape index (κ3) is 4.18. The molecule has 0 aliphatic carbocycles. The van der Waals surface area contributed by atoms with Crippen molar-refractivity contribution in [2.75, 3.05) is 37.7 Å². The first-order valence-electron chi connectivity index (χ1n) is 10.8. The van der Waals surface area contributed by atoms with Crippen molar-refractivity contribution in [1.29, 1.82) is 0 Å². The van der Waals surface area contributed by atoms with E-state index in [1.807, 2.05) is 35.6 Å².